The smallest absolute Gasteiger partial charge is 0.280 e. The van der Waals surface area contributed by atoms with E-state index in [1.165, 1.54) is 16.8 Å². The van der Waals surface area contributed by atoms with Crippen molar-refractivity contribution in [2.24, 2.45) is 0 Å². The van der Waals surface area contributed by atoms with E-state index in [0.29, 0.717) is 27.0 Å². The van der Waals surface area contributed by atoms with E-state index in [1.807, 2.05) is 60.7 Å². The second-order valence-corrected chi connectivity index (χ2v) is 11.4. The Labute approximate surface area is 217 Å². The molecule has 5 rings (SSSR count). The van der Waals surface area contributed by atoms with Crippen molar-refractivity contribution in [3.8, 4) is 22.4 Å². The highest BCUT2D eigenvalue weighted by Gasteiger charge is 2.25. The lowest BCUT2D eigenvalue weighted by atomic mass is 9.95. The van der Waals surface area contributed by atoms with Crippen molar-refractivity contribution in [2.75, 3.05) is 11.6 Å². The lowest BCUT2D eigenvalue weighted by molar-refractivity contribution is 0.102. The summed E-state index contributed by atoms with van der Waals surface area (Å²) >= 11 is 1.14. The predicted octanol–water partition coefficient (Wildman–Crippen LogP) is 4.86. The zero-order chi connectivity index (χ0) is 26.2. The Hall–Kier alpha value is -4.15. The zero-order valence-electron chi connectivity index (χ0n) is 20.0. The first-order valence-electron chi connectivity index (χ1n) is 11.4. The third kappa shape index (κ3) is 4.81. The van der Waals surface area contributed by atoms with Crippen LogP contribution in [-0.4, -0.2) is 35.3 Å². The number of thiazole rings is 1. The van der Waals surface area contributed by atoms with E-state index in [1.54, 1.807) is 13.0 Å². The first-order chi connectivity index (χ1) is 17.8. The lowest BCUT2D eigenvalue weighted by Crippen LogP contribution is -2.32. The Morgan fingerprint density at radius 2 is 1.62 bits per heavy atom. The lowest BCUT2D eigenvalue weighted by Gasteiger charge is -2.16. The molecule has 37 heavy (non-hydrogen) atoms. The summed E-state index contributed by atoms with van der Waals surface area (Å²) in [6.07, 6.45) is 1.13. The summed E-state index contributed by atoms with van der Waals surface area (Å²) in [7, 11) is -3.39. The summed E-state index contributed by atoms with van der Waals surface area (Å²) in [5.74, 6) is -0.618. The van der Waals surface area contributed by atoms with Crippen molar-refractivity contribution in [1.29, 1.82) is 0 Å². The van der Waals surface area contributed by atoms with Gasteiger partial charge in [0.15, 0.2) is 15.0 Å². The highest BCUT2D eigenvalue weighted by Crippen LogP contribution is 2.33. The minimum absolute atomic E-state index is 0.0435. The molecule has 0 bridgehead atoms. The Morgan fingerprint density at radius 3 is 2.24 bits per heavy atom. The largest absolute Gasteiger partial charge is 0.298 e. The third-order valence-electron chi connectivity index (χ3n) is 5.80. The maximum absolute atomic E-state index is 13.7. The van der Waals surface area contributed by atoms with E-state index >= 15 is 0 Å². The van der Waals surface area contributed by atoms with Crippen LogP contribution in [-0.2, 0) is 16.4 Å². The van der Waals surface area contributed by atoms with Crippen LogP contribution in [0, 0.1) is 0 Å². The maximum Gasteiger partial charge on any atom is 0.280 e. The standard InChI is InChI=1S/C27H22N4O4S2/c1-3-31-26(33)23(22(17-10-6-4-7-11-17)24(30-31)18-12-8-5-9-13-18)25(32)29-27-28-20-15-14-19(37(2,34)35)16-21(20)36-27/h4-16H,3H2,1-2H3,(H,28,29,32). The van der Waals surface area contributed by atoms with Crippen molar-refractivity contribution in [1.82, 2.24) is 14.8 Å². The number of carbonyl (C=O) groups excluding carboxylic acids is 1. The summed E-state index contributed by atoms with van der Waals surface area (Å²) in [4.78, 5) is 31.8. The number of anilines is 1. The topological polar surface area (TPSA) is 111 Å². The predicted molar refractivity (Wildman–Crippen MR) is 146 cm³/mol. The number of aromatic nitrogens is 3. The van der Waals surface area contributed by atoms with Crippen molar-refractivity contribution in [2.45, 2.75) is 18.4 Å². The van der Waals surface area contributed by atoms with Crippen LogP contribution in [0.1, 0.15) is 17.3 Å². The number of aryl methyl sites for hydroxylation is 1. The summed E-state index contributed by atoms with van der Waals surface area (Å²) in [5.41, 5.74) is 2.38. The van der Waals surface area contributed by atoms with Crippen LogP contribution >= 0.6 is 11.3 Å². The molecule has 0 aliphatic carbocycles. The Balaban J connectivity index is 1.67. The van der Waals surface area contributed by atoms with Gasteiger partial charge in [0.05, 0.1) is 20.8 Å². The van der Waals surface area contributed by atoms with Gasteiger partial charge in [-0.05, 0) is 30.7 Å². The number of fused-ring (bicyclic) bond motifs is 1. The van der Waals surface area contributed by atoms with Crippen LogP contribution in [0.4, 0.5) is 5.13 Å². The first-order valence-corrected chi connectivity index (χ1v) is 14.1. The molecule has 2 aromatic heterocycles. The summed E-state index contributed by atoms with van der Waals surface area (Å²) < 4.78 is 25.8. The molecular formula is C27H22N4O4S2. The normalized spacial score (nSPS) is 11.5. The van der Waals surface area contributed by atoms with Crippen LogP contribution in [0.25, 0.3) is 32.6 Å². The molecular weight excluding hydrogens is 508 g/mol. The molecule has 3 aromatic carbocycles. The summed E-state index contributed by atoms with van der Waals surface area (Å²) in [6.45, 7) is 2.07. The maximum atomic E-state index is 13.7. The fourth-order valence-corrected chi connectivity index (χ4v) is 5.65. The third-order valence-corrected chi connectivity index (χ3v) is 7.84. The highest BCUT2D eigenvalue weighted by molar-refractivity contribution is 7.90. The van der Waals surface area contributed by atoms with Crippen LogP contribution in [0.2, 0.25) is 0 Å². The van der Waals surface area contributed by atoms with Crippen LogP contribution < -0.4 is 10.9 Å². The summed E-state index contributed by atoms with van der Waals surface area (Å²) in [5, 5.41) is 7.63. The molecule has 10 heteroatoms. The molecule has 0 radical (unpaired) electrons. The minimum atomic E-state index is -3.39. The van der Waals surface area contributed by atoms with Gasteiger partial charge in [0.1, 0.15) is 5.56 Å². The minimum Gasteiger partial charge on any atom is -0.298 e. The van der Waals surface area contributed by atoms with E-state index in [2.05, 4.69) is 15.4 Å². The number of nitrogens with zero attached hydrogens (tertiary/aromatic N) is 3. The molecule has 0 aliphatic heterocycles. The molecule has 0 unspecified atom stereocenters. The van der Waals surface area contributed by atoms with Gasteiger partial charge in [-0.3, -0.25) is 14.9 Å². The van der Waals surface area contributed by atoms with Crippen molar-refractivity contribution in [3.05, 3.63) is 94.8 Å². The number of nitrogens with one attached hydrogen (secondary N) is 1. The Bertz CT molecular complexity index is 1800. The number of carbonyl (C=O) groups is 1. The fourth-order valence-electron chi connectivity index (χ4n) is 4.03. The molecule has 0 atom stereocenters. The Morgan fingerprint density at radius 1 is 0.973 bits per heavy atom. The van der Waals surface area contributed by atoms with Crippen LogP contribution in [0.3, 0.4) is 0 Å². The number of benzene rings is 3. The number of hydrogen-bond donors (Lipinski definition) is 1. The first kappa shape index (κ1) is 24.5. The molecule has 0 fully saturated rings. The molecule has 0 aliphatic rings. The average molecular weight is 531 g/mol. The molecule has 5 aromatic rings. The number of hydrogen-bond acceptors (Lipinski definition) is 7. The van der Waals surface area contributed by atoms with Gasteiger partial charge in [0, 0.05) is 23.9 Å². The van der Waals surface area contributed by atoms with Crippen LogP contribution in [0.15, 0.2) is 88.6 Å². The van der Waals surface area contributed by atoms with Gasteiger partial charge in [0.25, 0.3) is 11.5 Å². The van der Waals surface area contributed by atoms with Gasteiger partial charge in [0.2, 0.25) is 0 Å². The van der Waals surface area contributed by atoms with Crippen molar-refractivity contribution >= 4 is 42.4 Å². The monoisotopic (exact) mass is 530 g/mol. The molecule has 0 spiro atoms. The highest BCUT2D eigenvalue weighted by atomic mass is 32.2. The van der Waals surface area contributed by atoms with Crippen molar-refractivity contribution in [3.63, 3.8) is 0 Å². The van der Waals surface area contributed by atoms with E-state index in [0.717, 1.165) is 23.2 Å². The van der Waals surface area contributed by atoms with Crippen molar-refractivity contribution < 1.29 is 13.2 Å². The molecule has 1 N–H and O–H groups in total. The van der Waals surface area contributed by atoms with Gasteiger partial charge >= 0.3 is 0 Å². The molecule has 0 saturated heterocycles. The molecule has 186 valence electrons. The molecule has 1 amide bonds. The SMILES string of the molecule is CCn1nc(-c2ccccc2)c(-c2ccccc2)c(C(=O)Nc2nc3ccc(S(C)(=O)=O)cc3s2)c1=O. The number of rotatable bonds is 6. The van der Waals surface area contributed by atoms with Gasteiger partial charge in [-0.2, -0.15) is 5.10 Å². The Kier molecular flexibility index (Phi) is 6.45. The van der Waals surface area contributed by atoms with E-state index < -0.39 is 21.3 Å². The molecule has 2 heterocycles. The fraction of sp³-hybridized carbons (Fsp3) is 0.111. The number of sulfone groups is 1. The van der Waals surface area contributed by atoms with Crippen LogP contribution in [0.5, 0.6) is 0 Å². The second kappa shape index (κ2) is 9.72. The van der Waals surface area contributed by atoms with Gasteiger partial charge in [-0.1, -0.05) is 72.0 Å². The zero-order valence-corrected chi connectivity index (χ0v) is 21.6. The van der Waals surface area contributed by atoms with Gasteiger partial charge in [-0.25, -0.2) is 18.1 Å². The molecule has 8 nitrogen and oxygen atoms in total. The summed E-state index contributed by atoms with van der Waals surface area (Å²) in [6, 6.07) is 23.2. The number of amides is 1. The average Bonchev–Trinajstić information content (AvgIpc) is 3.30. The molecule has 0 saturated carbocycles. The quantitative estimate of drug-likeness (QED) is 0.336. The van der Waals surface area contributed by atoms with E-state index in [4.69, 9.17) is 0 Å². The van der Waals surface area contributed by atoms with E-state index in [9.17, 15) is 18.0 Å². The van der Waals surface area contributed by atoms with Gasteiger partial charge < -0.3 is 0 Å². The van der Waals surface area contributed by atoms with E-state index in [-0.39, 0.29) is 22.1 Å². The van der Waals surface area contributed by atoms with Gasteiger partial charge in [-0.15, -0.1) is 0 Å². The second-order valence-electron chi connectivity index (χ2n) is 8.33.